The molecule has 3 rings (SSSR count). The maximum absolute atomic E-state index is 13.2. The number of aromatic nitrogens is 3. The maximum atomic E-state index is 13.2. The van der Waals surface area contributed by atoms with Gasteiger partial charge in [0.1, 0.15) is 5.56 Å². The van der Waals surface area contributed by atoms with E-state index in [0.717, 1.165) is 38.6 Å². The summed E-state index contributed by atoms with van der Waals surface area (Å²) >= 11 is 0. The number of hydrogen-bond donors (Lipinski definition) is 0. The van der Waals surface area contributed by atoms with Crippen molar-refractivity contribution >= 4 is 26.8 Å². The van der Waals surface area contributed by atoms with Crippen LogP contribution in [0, 0.1) is 34.6 Å². The van der Waals surface area contributed by atoms with Gasteiger partial charge < -0.3 is 4.18 Å². The van der Waals surface area contributed by atoms with Crippen molar-refractivity contribution in [3.63, 3.8) is 0 Å². The van der Waals surface area contributed by atoms with E-state index in [2.05, 4.69) is 14.3 Å². The van der Waals surface area contributed by atoms with Gasteiger partial charge in [0.25, 0.3) is 0 Å². The molecular formula is C20H20F3N3O4S. The summed E-state index contributed by atoms with van der Waals surface area (Å²) in [5.74, 6) is -1.54. The van der Waals surface area contributed by atoms with E-state index in [9.17, 15) is 26.4 Å². The molecule has 0 spiro atoms. The smallest absolute Gasteiger partial charge is 0.355 e. The standard InChI is InChI=1S/C20H20F3N3O4S/c1-9-7-14(12(4)17-16(9)11(3)10(2)13(5)25-17)18(27)15-8-24-26(6)19(15)30-31(28,29)20(21,22)23/h7-8H,1-6H3. The van der Waals surface area contributed by atoms with Gasteiger partial charge in [-0.05, 0) is 62.9 Å². The third-order valence-electron chi connectivity index (χ3n) is 5.36. The lowest BCUT2D eigenvalue weighted by Gasteiger charge is -2.16. The van der Waals surface area contributed by atoms with Gasteiger partial charge in [-0.2, -0.15) is 26.7 Å². The van der Waals surface area contributed by atoms with Crippen LogP contribution in [0.25, 0.3) is 10.9 Å². The third-order valence-corrected chi connectivity index (χ3v) is 6.30. The minimum atomic E-state index is -5.98. The Hall–Kier alpha value is -2.95. The highest BCUT2D eigenvalue weighted by atomic mass is 32.2. The van der Waals surface area contributed by atoms with E-state index in [0.29, 0.717) is 11.1 Å². The first-order chi connectivity index (χ1) is 14.2. The van der Waals surface area contributed by atoms with Crippen molar-refractivity contribution in [3.8, 4) is 5.88 Å². The number of aryl methyl sites for hydroxylation is 5. The minimum absolute atomic E-state index is 0.169. The number of carbonyl (C=O) groups is 1. The van der Waals surface area contributed by atoms with E-state index in [1.165, 1.54) is 7.05 Å². The average molecular weight is 455 g/mol. The molecule has 0 N–H and O–H groups in total. The van der Waals surface area contributed by atoms with Crippen molar-refractivity contribution < 1.29 is 30.6 Å². The van der Waals surface area contributed by atoms with Gasteiger partial charge in [0.15, 0.2) is 5.78 Å². The Kier molecular flexibility index (Phi) is 5.37. The zero-order valence-corrected chi connectivity index (χ0v) is 18.5. The zero-order chi connectivity index (χ0) is 23.5. The number of halogens is 3. The van der Waals surface area contributed by atoms with Crippen molar-refractivity contribution in [1.82, 2.24) is 14.8 Å². The van der Waals surface area contributed by atoms with E-state index >= 15 is 0 Å². The molecule has 0 atom stereocenters. The molecule has 2 heterocycles. The molecule has 0 aliphatic heterocycles. The molecule has 0 aliphatic carbocycles. The van der Waals surface area contributed by atoms with Crippen LogP contribution in [0.5, 0.6) is 5.88 Å². The number of alkyl halides is 3. The van der Waals surface area contributed by atoms with Gasteiger partial charge in [0, 0.05) is 23.7 Å². The first-order valence-electron chi connectivity index (χ1n) is 9.12. The number of pyridine rings is 1. The van der Waals surface area contributed by atoms with Gasteiger partial charge >= 0.3 is 15.6 Å². The Balaban J connectivity index is 2.20. The maximum Gasteiger partial charge on any atom is 0.534 e. The molecule has 0 amide bonds. The lowest BCUT2D eigenvalue weighted by molar-refractivity contribution is -0.0502. The van der Waals surface area contributed by atoms with Crippen LogP contribution in [0.3, 0.4) is 0 Å². The van der Waals surface area contributed by atoms with Crippen LogP contribution in [-0.4, -0.2) is 34.5 Å². The number of nitrogens with zero attached hydrogens (tertiary/aromatic N) is 3. The second-order valence-electron chi connectivity index (χ2n) is 7.34. The number of ketones is 1. The Bertz CT molecular complexity index is 1340. The van der Waals surface area contributed by atoms with Crippen LogP contribution in [-0.2, 0) is 17.2 Å². The molecule has 0 radical (unpaired) electrons. The van der Waals surface area contributed by atoms with Crippen molar-refractivity contribution in [1.29, 1.82) is 0 Å². The monoisotopic (exact) mass is 455 g/mol. The van der Waals surface area contributed by atoms with Crippen LogP contribution in [0.4, 0.5) is 13.2 Å². The van der Waals surface area contributed by atoms with E-state index in [4.69, 9.17) is 0 Å². The van der Waals surface area contributed by atoms with Gasteiger partial charge in [-0.3, -0.25) is 9.78 Å². The number of carbonyl (C=O) groups excluding carboxylic acids is 1. The summed E-state index contributed by atoms with van der Waals surface area (Å²) in [6, 6.07) is 1.61. The molecule has 166 valence electrons. The van der Waals surface area contributed by atoms with Gasteiger partial charge in [0.05, 0.1) is 11.7 Å². The van der Waals surface area contributed by atoms with Gasteiger partial charge in [0.2, 0.25) is 5.88 Å². The molecule has 3 aromatic rings. The first kappa shape index (κ1) is 22.7. The highest BCUT2D eigenvalue weighted by Crippen LogP contribution is 2.33. The number of benzene rings is 1. The molecule has 1 aromatic carbocycles. The molecule has 0 aliphatic rings. The van der Waals surface area contributed by atoms with Gasteiger partial charge in [-0.15, -0.1) is 0 Å². The zero-order valence-electron chi connectivity index (χ0n) is 17.7. The summed E-state index contributed by atoms with van der Waals surface area (Å²) in [4.78, 5) is 17.8. The van der Waals surface area contributed by atoms with Crippen LogP contribution >= 0.6 is 0 Å². The van der Waals surface area contributed by atoms with E-state index in [1.54, 1.807) is 19.9 Å². The second kappa shape index (κ2) is 7.33. The predicted molar refractivity (Wildman–Crippen MR) is 108 cm³/mol. The summed E-state index contributed by atoms with van der Waals surface area (Å²) < 4.78 is 66.3. The topological polar surface area (TPSA) is 91.2 Å². The average Bonchev–Trinajstić information content (AvgIpc) is 3.00. The molecule has 11 heteroatoms. The Labute approximate surface area is 177 Å². The fourth-order valence-corrected chi connectivity index (χ4v) is 3.94. The van der Waals surface area contributed by atoms with Gasteiger partial charge in [-0.1, -0.05) is 0 Å². The fraction of sp³-hybridized carbons (Fsp3) is 0.350. The van der Waals surface area contributed by atoms with E-state index in [1.807, 2.05) is 20.8 Å². The molecule has 0 saturated heterocycles. The molecular weight excluding hydrogens is 435 g/mol. The SMILES string of the molecule is Cc1nc2c(C)c(C(=O)c3cnn(C)c3OS(=O)(=O)C(F)(F)F)cc(C)c2c(C)c1C. The third kappa shape index (κ3) is 3.67. The summed E-state index contributed by atoms with van der Waals surface area (Å²) in [5.41, 5.74) is -1.18. The van der Waals surface area contributed by atoms with E-state index in [-0.39, 0.29) is 5.56 Å². The quantitative estimate of drug-likeness (QED) is 0.336. The normalized spacial score (nSPS) is 12.4. The highest BCUT2D eigenvalue weighted by Gasteiger charge is 2.49. The van der Waals surface area contributed by atoms with Crippen molar-refractivity contribution in [3.05, 3.63) is 51.3 Å². The molecule has 2 aromatic heterocycles. The van der Waals surface area contributed by atoms with Crippen LogP contribution in [0.15, 0.2) is 12.3 Å². The molecule has 0 bridgehead atoms. The largest absolute Gasteiger partial charge is 0.534 e. The van der Waals surface area contributed by atoms with Crippen LogP contribution in [0.1, 0.15) is 43.9 Å². The molecule has 31 heavy (non-hydrogen) atoms. The molecule has 0 fully saturated rings. The van der Waals surface area contributed by atoms with Crippen molar-refractivity contribution in [2.45, 2.75) is 40.1 Å². The van der Waals surface area contributed by atoms with Gasteiger partial charge in [-0.25, -0.2) is 4.68 Å². The predicted octanol–water partition coefficient (Wildman–Crippen LogP) is 3.97. The van der Waals surface area contributed by atoms with Crippen molar-refractivity contribution in [2.24, 2.45) is 7.05 Å². The number of rotatable bonds is 4. The second-order valence-corrected chi connectivity index (χ2v) is 8.87. The van der Waals surface area contributed by atoms with Crippen LogP contribution in [0.2, 0.25) is 0 Å². The molecule has 0 saturated carbocycles. The summed E-state index contributed by atoms with van der Waals surface area (Å²) in [7, 11) is -4.80. The van der Waals surface area contributed by atoms with Crippen LogP contribution < -0.4 is 4.18 Å². The Morgan fingerprint density at radius 3 is 2.23 bits per heavy atom. The number of hydrogen-bond acceptors (Lipinski definition) is 6. The fourth-order valence-electron chi connectivity index (χ4n) is 3.44. The summed E-state index contributed by atoms with van der Waals surface area (Å²) in [6.07, 6.45) is 0.974. The first-order valence-corrected chi connectivity index (χ1v) is 10.5. The number of fused-ring (bicyclic) bond motifs is 1. The highest BCUT2D eigenvalue weighted by molar-refractivity contribution is 7.88. The molecule has 7 nitrogen and oxygen atoms in total. The Morgan fingerprint density at radius 1 is 1.03 bits per heavy atom. The van der Waals surface area contributed by atoms with E-state index < -0.39 is 32.9 Å². The minimum Gasteiger partial charge on any atom is -0.355 e. The summed E-state index contributed by atoms with van der Waals surface area (Å²) in [5, 5.41) is 4.60. The Morgan fingerprint density at radius 2 is 1.65 bits per heavy atom. The lowest BCUT2D eigenvalue weighted by Crippen LogP contribution is -2.29. The van der Waals surface area contributed by atoms with Crippen molar-refractivity contribution in [2.75, 3.05) is 0 Å². The summed E-state index contributed by atoms with van der Waals surface area (Å²) in [6.45, 7) is 9.23. The molecule has 0 unspecified atom stereocenters. The lowest BCUT2D eigenvalue weighted by atomic mass is 9.91.